The fourth-order valence-electron chi connectivity index (χ4n) is 2.79. The number of benzene rings is 1. The van der Waals surface area contributed by atoms with Crippen molar-refractivity contribution in [2.45, 2.75) is 18.9 Å². The number of hydrogen-bond acceptors (Lipinski definition) is 6. The van der Waals surface area contributed by atoms with E-state index < -0.39 is 11.9 Å². The fourth-order valence-corrected chi connectivity index (χ4v) is 2.79. The van der Waals surface area contributed by atoms with Crippen LogP contribution in [-0.2, 0) is 17.8 Å². The first-order valence-electron chi connectivity index (χ1n) is 8.58. The van der Waals surface area contributed by atoms with Gasteiger partial charge in [-0.3, -0.25) is 9.59 Å². The molecule has 3 aromatic rings. The van der Waals surface area contributed by atoms with E-state index in [-0.39, 0.29) is 18.7 Å². The highest BCUT2D eigenvalue weighted by atomic mass is 16.5. The molecule has 1 unspecified atom stereocenters. The Morgan fingerprint density at radius 1 is 1.18 bits per heavy atom. The van der Waals surface area contributed by atoms with E-state index in [1.807, 2.05) is 0 Å². The fraction of sp³-hybridized carbons (Fsp3) is 0.200. The number of carbonyl (C=O) groups excluding carboxylic acids is 1. The van der Waals surface area contributed by atoms with Crippen molar-refractivity contribution in [2.75, 3.05) is 12.8 Å². The number of nitrogens with zero attached hydrogens (tertiary/aromatic N) is 3. The SMILES string of the molecule is COc1ccc(C(=O)Cn2cnc(C(Cc3ccc(N)nc3)C(=O)O)c2)cc1. The Morgan fingerprint density at radius 3 is 2.54 bits per heavy atom. The molecule has 0 aliphatic carbocycles. The molecule has 0 amide bonds. The molecule has 0 bridgehead atoms. The first-order valence-corrected chi connectivity index (χ1v) is 8.58. The second kappa shape index (κ2) is 8.34. The summed E-state index contributed by atoms with van der Waals surface area (Å²) in [6.07, 6.45) is 4.83. The molecule has 1 atom stereocenters. The van der Waals surface area contributed by atoms with Crippen molar-refractivity contribution >= 4 is 17.6 Å². The molecule has 3 rings (SSSR count). The molecule has 3 N–H and O–H groups in total. The zero-order valence-corrected chi connectivity index (χ0v) is 15.3. The molecular weight excluding hydrogens is 360 g/mol. The van der Waals surface area contributed by atoms with Gasteiger partial charge in [-0.15, -0.1) is 0 Å². The number of aromatic nitrogens is 3. The number of pyridine rings is 1. The second-order valence-corrected chi connectivity index (χ2v) is 6.31. The van der Waals surface area contributed by atoms with Crippen LogP contribution >= 0.6 is 0 Å². The smallest absolute Gasteiger partial charge is 0.312 e. The second-order valence-electron chi connectivity index (χ2n) is 6.31. The summed E-state index contributed by atoms with van der Waals surface area (Å²) in [6.45, 7) is 0.0646. The quantitative estimate of drug-likeness (QED) is 0.575. The Labute approximate surface area is 161 Å². The number of carboxylic acid groups (broad SMARTS) is 1. The molecule has 144 valence electrons. The van der Waals surface area contributed by atoms with E-state index in [4.69, 9.17) is 10.5 Å². The molecule has 0 aliphatic rings. The number of Topliss-reactive ketones (excluding diaryl/α,β-unsaturated/α-hetero) is 1. The summed E-state index contributed by atoms with van der Waals surface area (Å²) in [4.78, 5) is 32.3. The summed E-state index contributed by atoms with van der Waals surface area (Å²) < 4.78 is 6.66. The van der Waals surface area contributed by atoms with Gasteiger partial charge in [0.15, 0.2) is 5.78 Å². The minimum Gasteiger partial charge on any atom is -0.497 e. The highest BCUT2D eigenvalue weighted by molar-refractivity contribution is 5.96. The van der Waals surface area contributed by atoms with Gasteiger partial charge in [0.05, 0.1) is 25.7 Å². The Morgan fingerprint density at radius 2 is 1.93 bits per heavy atom. The molecule has 2 aromatic heterocycles. The van der Waals surface area contributed by atoms with Gasteiger partial charge in [-0.05, 0) is 42.3 Å². The summed E-state index contributed by atoms with van der Waals surface area (Å²) in [7, 11) is 1.56. The van der Waals surface area contributed by atoms with Crippen LogP contribution in [-0.4, -0.2) is 38.5 Å². The van der Waals surface area contributed by atoms with Crippen LogP contribution in [0.15, 0.2) is 55.1 Å². The minimum absolute atomic E-state index is 0.0646. The number of hydrogen-bond donors (Lipinski definition) is 2. The number of methoxy groups -OCH3 is 1. The van der Waals surface area contributed by atoms with Gasteiger partial charge in [0, 0.05) is 18.0 Å². The molecule has 8 nitrogen and oxygen atoms in total. The molecule has 28 heavy (non-hydrogen) atoms. The van der Waals surface area contributed by atoms with Gasteiger partial charge < -0.3 is 20.1 Å². The van der Waals surface area contributed by atoms with Crippen molar-refractivity contribution in [1.29, 1.82) is 0 Å². The van der Waals surface area contributed by atoms with E-state index in [9.17, 15) is 14.7 Å². The van der Waals surface area contributed by atoms with Crippen LogP contribution in [0.5, 0.6) is 5.75 Å². The summed E-state index contributed by atoms with van der Waals surface area (Å²) >= 11 is 0. The van der Waals surface area contributed by atoms with Crippen LogP contribution in [0.3, 0.4) is 0 Å². The van der Waals surface area contributed by atoms with E-state index >= 15 is 0 Å². The molecule has 1 aromatic carbocycles. The summed E-state index contributed by atoms with van der Waals surface area (Å²) in [5, 5.41) is 9.59. The Kier molecular flexibility index (Phi) is 5.69. The lowest BCUT2D eigenvalue weighted by molar-refractivity contribution is -0.138. The third-order valence-electron chi connectivity index (χ3n) is 4.33. The zero-order valence-electron chi connectivity index (χ0n) is 15.3. The van der Waals surface area contributed by atoms with Gasteiger partial charge in [-0.2, -0.15) is 0 Å². The number of anilines is 1. The van der Waals surface area contributed by atoms with Crippen LogP contribution in [0.25, 0.3) is 0 Å². The zero-order chi connectivity index (χ0) is 20.1. The van der Waals surface area contributed by atoms with Crippen molar-refractivity contribution in [3.63, 3.8) is 0 Å². The van der Waals surface area contributed by atoms with Gasteiger partial charge >= 0.3 is 5.97 Å². The Balaban J connectivity index is 1.72. The molecule has 2 heterocycles. The van der Waals surface area contributed by atoms with E-state index in [1.54, 1.807) is 60.5 Å². The molecule has 0 fully saturated rings. The van der Waals surface area contributed by atoms with Gasteiger partial charge in [0.2, 0.25) is 0 Å². The molecule has 8 heteroatoms. The number of carbonyl (C=O) groups is 2. The van der Waals surface area contributed by atoms with E-state index in [1.165, 1.54) is 6.33 Å². The average molecular weight is 380 g/mol. The van der Waals surface area contributed by atoms with Crippen molar-refractivity contribution in [3.8, 4) is 5.75 Å². The van der Waals surface area contributed by atoms with Crippen molar-refractivity contribution in [1.82, 2.24) is 14.5 Å². The van der Waals surface area contributed by atoms with Crippen molar-refractivity contribution in [3.05, 3.63) is 71.9 Å². The van der Waals surface area contributed by atoms with Gasteiger partial charge in [-0.25, -0.2) is 9.97 Å². The number of nitrogen functional groups attached to an aromatic ring is 1. The maximum absolute atomic E-state index is 12.4. The van der Waals surface area contributed by atoms with Crippen molar-refractivity contribution in [2.24, 2.45) is 0 Å². The first-order chi connectivity index (χ1) is 13.5. The summed E-state index contributed by atoms with van der Waals surface area (Å²) in [6, 6.07) is 10.2. The van der Waals surface area contributed by atoms with Crippen LogP contribution in [0, 0.1) is 0 Å². The predicted molar refractivity (Wildman–Crippen MR) is 102 cm³/mol. The number of ether oxygens (including phenoxy) is 1. The number of nitrogens with two attached hydrogens (primary N) is 1. The normalized spacial score (nSPS) is 11.8. The van der Waals surface area contributed by atoms with Crippen LogP contribution < -0.4 is 10.5 Å². The first kappa shape index (κ1) is 19.1. The maximum atomic E-state index is 12.4. The third-order valence-corrected chi connectivity index (χ3v) is 4.33. The Hall–Kier alpha value is -3.68. The maximum Gasteiger partial charge on any atom is 0.312 e. The largest absolute Gasteiger partial charge is 0.497 e. The highest BCUT2D eigenvalue weighted by Gasteiger charge is 2.23. The predicted octanol–water partition coefficient (Wildman–Crippen LogP) is 2.16. The van der Waals surface area contributed by atoms with E-state index in [2.05, 4.69) is 9.97 Å². The topological polar surface area (TPSA) is 120 Å². The van der Waals surface area contributed by atoms with E-state index in [0.29, 0.717) is 22.8 Å². The van der Waals surface area contributed by atoms with Gasteiger partial charge in [-0.1, -0.05) is 6.07 Å². The monoisotopic (exact) mass is 380 g/mol. The van der Waals surface area contributed by atoms with Crippen LogP contribution in [0.2, 0.25) is 0 Å². The lowest BCUT2D eigenvalue weighted by Gasteiger charge is -2.10. The van der Waals surface area contributed by atoms with Crippen LogP contribution in [0.1, 0.15) is 27.5 Å². The number of ketones is 1. The molecule has 0 saturated carbocycles. The number of imidazole rings is 1. The number of aliphatic carboxylic acids is 1. The molecule has 0 spiro atoms. The van der Waals surface area contributed by atoms with Gasteiger partial charge in [0.1, 0.15) is 17.5 Å². The summed E-state index contributed by atoms with van der Waals surface area (Å²) in [5.41, 5.74) is 7.22. The summed E-state index contributed by atoms with van der Waals surface area (Å²) in [5.74, 6) is -0.910. The Bertz CT molecular complexity index is 965. The lowest BCUT2D eigenvalue weighted by atomic mass is 9.98. The molecule has 0 aliphatic heterocycles. The molecular formula is C20H20N4O4. The lowest BCUT2D eigenvalue weighted by Crippen LogP contribution is -2.15. The minimum atomic E-state index is -0.997. The molecule has 0 saturated heterocycles. The number of carboxylic acids is 1. The molecule has 0 radical (unpaired) electrons. The third kappa shape index (κ3) is 4.53. The van der Waals surface area contributed by atoms with E-state index in [0.717, 1.165) is 5.56 Å². The van der Waals surface area contributed by atoms with Crippen LogP contribution in [0.4, 0.5) is 5.82 Å². The standard InChI is InChI=1S/C20H20N4O4/c1-28-15-5-3-14(4-6-15)18(25)11-24-10-17(23-12-24)16(20(26)27)8-13-2-7-19(21)22-9-13/h2-7,9-10,12,16H,8,11H2,1H3,(H2,21,22)(H,26,27). The van der Waals surface area contributed by atoms with Gasteiger partial charge in [0.25, 0.3) is 0 Å². The highest BCUT2D eigenvalue weighted by Crippen LogP contribution is 2.20. The average Bonchev–Trinajstić information content (AvgIpc) is 3.15. The van der Waals surface area contributed by atoms with Crippen molar-refractivity contribution < 1.29 is 19.4 Å². The number of rotatable bonds is 8.